The number of benzene rings is 2. The number of ether oxygens (including phenoxy) is 2. The normalized spacial score (nSPS) is 11.1. The monoisotopic (exact) mass is 407 g/mol. The Morgan fingerprint density at radius 3 is 2.36 bits per heavy atom. The van der Waals surface area contributed by atoms with Crippen LogP contribution in [0.5, 0.6) is 11.5 Å². The highest BCUT2D eigenvalue weighted by atomic mass is 79.9. The van der Waals surface area contributed by atoms with Gasteiger partial charge in [0.25, 0.3) is 5.69 Å². The highest BCUT2D eigenvalue weighted by molar-refractivity contribution is 9.10. The zero-order valence-corrected chi connectivity index (χ0v) is 14.9. The Hall–Kier alpha value is -2.87. The molecule has 0 amide bonds. The fourth-order valence-electron chi connectivity index (χ4n) is 2.25. The van der Waals surface area contributed by atoms with Gasteiger partial charge in [-0.15, -0.1) is 0 Å². The van der Waals surface area contributed by atoms with E-state index in [0.717, 1.165) is 0 Å². The Balaban J connectivity index is 2.68. The van der Waals surface area contributed by atoms with Gasteiger partial charge in [0, 0.05) is 16.1 Å². The third kappa shape index (κ3) is 3.97. The van der Waals surface area contributed by atoms with Gasteiger partial charge in [0.15, 0.2) is 11.5 Å². The van der Waals surface area contributed by atoms with E-state index in [-0.39, 0.29) is 16.8 Å². The van der Waals surface area contributed by atoms with Gasteiger partial charge >= 0.3 is 5.97 Å². The molecular weight excluding hydrogens is 394 g/mol. The summed E-state index contributed by atoms with van der Waals surface area (Å²) in [5.74, 6) is -0.463. The van der Waals surface area contributed by atoms with Gasteiger partial charge < -0.3 is 14.6 Å². The Morgan fingerprint density at radius 2 is 1.80 bits per heavy atom. The van der Waals surface area contributed by atoms with Gasteiger partial charge in [0.2, 0.25) is 0 Å². The van der Waals surface area contributed by atoms with E-state index >= 15 is 0 Å². The summed E-state index contributed by atoms with van der Waals surface area (Å²) in [4.78, 5) is 22.3. The van der Waals surface area contributed by atoms with E-state index in [2.05, 4.69) is 15.9 Å². The number of hydrogen-bond acceptors (Lipinski definition) is 5. The predicted molar refractivity (Wildman–Crippen MR) is 95.8 cm³/mol. The van der Waals surface area contributed by atoms with Crippen molar-refractivity contribution in [3.8, 4) is 11.5 Å². The number of nitro groups is 1. The lowest BCUT2D eigenvalue weighted by Crippen LogP contribution is -2.03. The number of halogens is 1. The number of aliphatic carboxylic acids is 1. The Bertz CT molecular complexity index is 862. The molecule has 1 N–H and O–H groups in total. The number of nitro benzene ring substituents is 1. The maximum absolute atomic E-state index is 11.8. The van der Waals surface area contributed by atoms with Gasteiger partial charge in [0.1, 0.15) is 0 Å². The van der Waals surface area contributed by atoms with Crippen LogP contribution < -0.4 is 9.47 Å². The van der Waals surface area contributed by atoms with Crippen LogP contribution in [-0.2, 0) is 4.79 Å². The zero-order valence-electron chi connectivity index (χ0n) is 13.4. The summed E-state index contributed by atoms with van der Waals surface area (Å²) in [5, 5.41) is 20.7. The van der Waals surface area contributed by atoms with Crippen LogP contribution in [0.3, 0.4) is 0 Å². The molecule has 0 bridgehead atoms. The minimum atomic E-state index is -1.23. The molecule has 8 heteroatoms. The van der Waals surface area contributed by atoms with Crippen molar-refractivity contribution in [3.63, 3.8) is 0 Å². The number of carbonyl (C=O) groups is 1. The second-order valence-corrected chi connectivity index (χ2v) is 5.72. The van der Waals surface area contributed by atoms with Crippen molar-refractivity contribution < 1.29 is 24.3 Å². The molecule has 0 fully saturated rings. The molecule has 0 aliphatic carbocycles. The maximum Gasteiger partial charge on any atom is 0.336 e. The van der Waals surface area contributed by atoms with Crippen molar-refractivity contribution in [2.75, 3.05) is 14.2 Å². The molecule has 0 saturated heterocycles. The van der Waals surface area contributed by atoms with Crippen LogP contribution in [0, 0.1) is 10.1 Å². The van der Waals surface area contributed by atoms with Gasteiger partial charge in [0.05, 0.1) is 30.3 Å². The molecule has 130 valence electrons. The second-order valence-electron chi connectivity index (χ2n) is 4.87. The quantitative estimate of drug-likeness (QED) is 0.336. The van der Waals surface area contributed by atoms with Crippen LogP contribution in [-0.4, -0.2) is 30.2 Å². The van der Waals surface area contributed by atoms with E-state index in [4.69, 9.17) is 9.47 Å². The third-order valence-corrected chi connectivity index (χ3v) is 4.08. The second kappa shape index (κ2) is 7.80. The molecule has 7 nitrogen and oxygen atoms in total. The first-order chi connectivity index (χ1) is 11.9. The Kier molecular flexibility index (Phi) is 5.76. The first-order valence-electron chi connectivity index (χ1n) is 6.99. The van der Waals surface area contributed by atoms with Crippen LogP contribution in [0.1, 0.15) is 11.1 Å². The zero-order chi connectivity index (χ0) is 18.6. The summed E-state index contributed by atoms with van der Waals surface area (Å²) in [6.45, 7) is 0. The molecule has 25 heavy (non-hydrogen) atoms. The van der Waals surface area contributed by atoms with Gasteiger partial charge in [-0.25, -0.2) is 4.79 Å². The Labute approximate surface area is 151 Å². The summed E-state index contributed by atoms with van der Waals surface area (Å²) >= 11 is 3.31. The molecule has 0 atom stereocenters. The average Bonchev–Trinajstić information content (AvgIpc) is 2.59. The third-order valence-electron chi connectivity index (χ3n) is 3.43. The molecular formula is C17H14BrNO6. The highest BCUT2D eigenvalue weighted by Crippen LogP contribution is 2.37. The van der Waals surface area contributed by atoms with Crippen LogP contribution in [0.15, 0.2) is 40.9 Å². The van der Waals surface area contributed by atoms with E-state index in [1.54, 1.807) is 12.1 Å². The van der Waals surface area contributed by atoms with Crippen molar-refractivity contribution in [1.82, 2.24) is 0 Å². The van der Waals surface area contributed by atoms with Gasteiger partial charge in [-0.1, -0.05) is 28.1 Å². The molecule has 0 aliphatic heterocycles. The van der Waals surface area contributed by atoms with E-state index < -0.39 is 10.9 Å². The Morgan fingerprint density at radius 1 is 1.20 bits per heavy atom. The van der Waals surface area contributed by atoms with Crippen molar-refractivity contribution in [2.45, 2.75) is 0 Å². The van der Waals surface area contributed by atoms with Crippen molar-refractivity contribution >= 4 is 39.2 Å². The molecule has 2 rings (SSSR count). The molecule has 0 saturated carbocycles. The summed E-state index contributed by atoms with van der Waals surface area (Å²) in [6, 6.07) is 8.98. The summed E-state index contributed by atoms with van der Waals surface area (Å²) in [7, 11) is 2.90. The standard InChI is InChI=1S/C17H14BrNO6/c1-24-15-8-11(13(18)9-16(15)25-2)12(17(20)21)7-10-5-3-4-6-14(10)19(22)23/h3-9H,1-2H3,(H,20,21)/b12-7+. The molecule has 0 aliphatic rings. The lowest BCUT2D eigenvalue weighted by atomic mass is 10.0. The SMILES string of the molecule is COc1cc(Br)c(/C(=C\c2ccccc2[N+](=O)[O-])C(=O)O)cc1OC. The van der Waals surface area contributed by atoms with Crippen LogP contribution in [0.4, 0.5) is 5.69 Å². The number of carboxylic acids is 1. The minimum absolute atomic E-state index is 0.123. The first kappa shape index (κ1) is 18.5. The topological polar surface area (TPSA) is 98.9 Å². The number of methoxy groups -OCH3 is 2. The molecule has 2 aromatic carbocycles. The van der Waals surface area contributed by atoms with E-state index in [1.165, 1.54) is 44.6 Å². The fraction of sp³-hybridized carbons (Fsp3) is 0.118. The van der Waals surface area contributed by atoms with Crippen LogP contribution in [0.25, 0.3) is 11.6 Å². The van der Waals surface area contributed by atoms with Crippen molar-refractivity contribution in [3.05, 3.63) is 62.1 Å². The average molecular weight is 408 g/mol. The number of nitrogens with zero attached hydrogens (tertiary/aromatic N) is 1. The summed E-state index contributed by atoms with van der Waals surface area (Å²) in [6.07, 6.45) is 1.26. The lowest BCUT2D eigenvalue weighted by Gasteiger charge is -2.12. The van der Waals surface area contributed by atoms with Crippen LogP contribution in [0.2, 0.25) is 0 Å². The largest absolute Gasteiger partial charge is 0.493 e. The smallest absolute Gasteiger partial charge is 0.336 e. The van der Waals surface area contributed by atoms with E-state index in [1.807, 2.05) is 0 Å². The number of carboxylic acid groups (broad SMARTS) is 1. The van der Waals surface area contributed by atoms with Crippen LogP contribution >= 0.6 is 15.9 Å². The molecule has 0 spiro atoms. The molecule has 0 radical (unpaired) electrons. The minimum Gasteiger partial charge on any atom is -0.493 e. The van der Waals surface area contributed by atoms with Crippen molar-refractivity contribution in [1.29, 1.82) is 0 Å². The summed E-state index contributed by atoms with van der Waals surface area (Å²) < 4.78 is 10.8. The van der Waals surface area contributed by atoms with E-state index in [0.29, 0.717) is 21.5 Å². The van der Waals surface area contributed by atoms with Gasteiger partial charge in [-0.05, 0) is 24.3 Å². The molecule has 0 unspecified atom stereocenters. The van der Waals surface area contributed by atoms with Gasteiger partial charge in [-0.3, -0.25) is 10.1 Å². The van der Waals surface area contributed by atoms with Crippen molar-refractivity contribution in [2.24, 2.45) is 0 Å². The molecule has 2 aromatic rings. The van der Waals surface area contributed by atoms with E-state index in [9.17, 15) is 20.0 Å². The number of para-hydroxylation sites is 1. The first-order valence-corrected chi connectivity index (χ1v) is 7.78. The fourth-order valence-corrected chi connectivity index (χ4v) is 2.78. The number of rotatable bonds is 6. The number of hydrogen-bond donors (Lipinski definition) is 1. The maximum atomic E-state index is 11.8. The summed E-state index contributed by atoms with van der Waals surface area (Å²) in [5.41, 5.74) is 0.190. The molecule has 0 heterocycles. The van der Waals surface area contributed by atoms with Gasteiger partial charge in [-0.2, -0.15) is 0 Å². The highest BCUT2D eigenvalue weighted by Gasteiger charge is 2.20. The lowest BCUT2D eigenvalue weighted by molar-refractivity contribution is -0.385. The predicted octanol–water partition coefficient (Wildman–Crippen LogP) is 4.00. The molecule has 0 aromatic heterocycles.